The molecule has 1 aliphatic rings. The van der Waals surface area contributed by atoms with E-state index in [0.29, 0.717) is 6.42 Å². The van der Waals surface area contributed by atoms with Crippen LogP contribution in [0.2, 0.25) is 0 Å². The SMILES string of the molecule is CC1Cc2cc(CC(N)C(=O)O)cc(Br)c2O1. The predicted octanol–water partition coefficient (Wildman–Crippen LogP) is 1.73. The number of benzene rings is 1. The molecule has 1 heterocycles. The number of hydrogen-bond donors (Lipinski definition) is 2. The summed E-state index contributed by atoms with van der Waals surface area (Å²) in [7, 11) is 0. The summed E-state index contributed by atoms with van der Waals surface area (Å²) in [5, 5.41) is 8.79. The lowest BCUT2D eigenvalue weighted by molar-refractivity contribution is -0.138. The predicted molar refractivity (Wildman–Crippen MR) is 67.3 cm³/mol. The fourth-order valence-corrected chi connectivity index (χ4v) is 2.65. The van der Waals surface area contributed by atoms with Crippen molar-refractivity contribution in [2.75, 3.05) is 0 Å². The lowest BCUT2D eigenvalue weighted by atomic mass is 10.0. The molecule has 2 atom stereocenters. The van der Waals surface area contributed by atoms with Gasteiger partial charge in [-0.1, -0.05) is 6.07 Å². The van der Waals surface area contributed by atoms with Gasteiger partial charge in [0.15, 0.2) is 0 Å². The Hall–Kier alpha value is -1.07. The van der Waals surface area contributed by atoms with Gasteiger partial charge in [0.1, 0.15) is 17.9 Å². The lowest BCUT2D eigenvalue weighted by Gasteiger charge is -2.09. The second-order valence-electron chi connectivity index (χ2n) is 4.35. The van der Waals surface area contributed by atoms with Crippen molar-refractivity contribution in [3.05, 3.63) is 27.7 Å². The minimum absolute atomic E-state index is 0.171. The monoisotopic (exact) mass is 299 g/mol. The van der Waals surface area contributed by atoms with E-state index in [-0.39, 0.29) is 6.10 Å². The molecule has 0 bridgehead atoms. The average molecular weight is 300 g/mol. The molecule has 0 radical (unpaired) electrons. The molecule has 1 aliphatic heterocycles. The van der Waals surface area contributed by atoms with Crippen LogP contribution in [0, 0.1) is 0 Å². The van der Waals surface area contributed by atoms with Gasteiger partial charge in [-0.15, -0.1) is 0 Å². The number of carbonyl (C=O) groups is 1. The molecule has 1 aromatic carbocycles. The molecule has 0 aliphatic carbocycles. The van der Waals surface area contributed by atoms with E-state index >= 15 is 0 Å². The zero-order valence-corrected chi connectivity index (χ0v) is 11.0. The third-order valence-corrected chi connectivity index (χ3v) is 3.37. The summed E-state index contributed by atoms with van der Waals surface area (Å²) < 4.78 is 6.52. The Morgan fingerprint density at radius 2 is 2.41 bits per heavy atom. The van der Waals surface area contributed by atoms with Crippen molar-refractivity contribution < 1.29 is 14.6 Å². The Labute approximate surface area is 108 Å². The van der Waals surface area contributed by atoms with Crippen LogP contribution in [-0.2, 0) is 17.6 Å². The smallest absolute Gasteiger partial charge is 0.320 e. The van der Waals surface area contributed by atoms with E-state index in [1.165, 1.54) is 0 Å². The first-order valence-corrected chi connectivity index (χ1v) is 6.23. The van der Waals surface area contributed by atoms with Gasteiger partial charge in [-0.3, -0.25) is 4.79 Å². The minimum atomic E-state index is -0.980. The van der Waals surface area contributed by atoms with Crippen LogP contribution in [0.5, 0.6) is 5.75 Å². The maximum atomic E-state index is 10.7. The normalized spacial score (nSPS) is 19.6. The quantitative estimate of drug-likeness (QED) is 0.891. The highest BCUT2D eigenvalue weighted by Gasteiger charge is 2.23. The van der Waals surface area contributed by atoms with Gasteiger partial charge < -0.3 is 15.6 Å². The summed E-state index contributed by atoms with van der Waals surface area (Å²) in [5.41, 5.74) is 7.56. The van der Waals surface area contributed by atoms with Gasteiger partial charge in [-0.2, -0.15) is 0 Å². The molecule has 2 unspecified atom stereocenters. The number of rotatable bonds is 3. The van der Waals surface area contributed by atoms with Gasteiger partial charge in [0.2, 0.25) is 0 Å². The molecule has 0 spiro atoms. The van der Waals surface area contributed by atoms with Crippen LogP contribution in [0.1, 0.15) is 18.1 Å². The van der Waals surface area contributed by atoms with E-state index in [2.05, 4.69) is 15.9 Å². The molecular weight excluding hydrogens is 286 g/mol. The Morgan fingerprint density at radius 3 is 3.06 bits per heavy atom. The number of nitrogens with two attached hydrogens (primary N) is 1. The summed E-state index contributed by atoms with van der Waals surface area (Å²) in [5.74, 6) is -0.114. The highest BCUT2D eigenvalue weighted by atomic mass is 79.9. The van der Waals surface area contributed by atoms with Crippen LogP contribution in [-0.4, -0.2) is 23.2 Å². The maximum Gasteiger partial charge on any atom is 0.320 e. The molecule has 0 saturated carbocycles. The van der Waals surface area contributed by atoms with E-state index in [1.54, 1.807) is 0 Å². The molecular formula is C12H14BrNO3. The van der Waals surface area contributed by atoms with Crippen LogP contribution in [0.15, 0.2) is 16.6 Å². The largest absolute Gasteiger partial charge is 0.489 e. The number of aliphatic carboxylic acids is 1. The van der Waals surface area contributed by atoms with Crippen molar-refractivity contribution >= 4 is 21.9 Å². The molecule has 1 aromatic rings. The van der Waals surface area contributed by atoms with E-state index in [4.69, 9.17) is 15.6 Å². The van der Waals surface area contributed by atoms with Crippen molar-refractivity contribution in [1.29, 1.82) is 0 Å². The minimum Gasteiger partial charge on any atom is -0.489 e. The number of carboxylic acids is 1. The Kier molecular flexibility index (Phi) is 3.40. The summed E-state index contributed by atoms with van der Waals surface area (Å²) in [6.07, 6.45) is 1.35. The lowest BCUT2D eigenvalue weighted by Crippen LogP contribution is -2.32. The topological polar surface area (TPSA) is 72.6 Å². The van der Waals surface area contributed by atoms with Crippen molar-refractivity contribution in [2.45, 2.75) is 31.9 Å². The number of ether oxygens (including phenoxy) is 1. The average Bonchev–Trinajstić information content (AvgIpc) is 2.59. The van der Waals surface area contributed by atoms with Crippen LogP contribution in [0.3, 0.4) is 0 Å². The third kappa shape index (κ3) is 2.61. The molecule has 3 N–H and O–H groups in total. The van der Waals surface area contributed by atoms with Crippen molar-refractivity contribution in [1.82, 2.24) is 0 Å². The molecule has 4 nitrogen and oxygen atoms in total. The van der Waals surface area contributed by atoms with Crippen LogP contribution in [0.4, 0.5) is 0 Å². The molecule has 17 heavy (non-hydrogen) atoms. The fraction of sp³-hybridized carbons (Fsp3) is 0.417. The summed E-state index contributed by atoms with van der Waals surface area (Å²) >= 11 is 3.44. The molecule has 2 rings (SSSR count). The molecule has 0 amide bonds. The first-order chi connectivity index (χ1) is 7.97. The fourth-order valence-electron chi connectivity index (χ4n) is 2.01. The van der Waals surface area contributed by atoms with E-state index in [0.717, 1.165) is 27.8 Å². The highest BCUT2D eigenvalue weighted by molar-refractivity contribution is 9.10. The zero-order valence-electron chi connectivity index (χ0n) is 9.44. The Bertz CT molecular complexity index is 461. The first-order valence-electron chi connectivity index (χ1n) is 5.43. The van der Waals surface area contributed by atoms with Gasteiger partial charge in [-0.25, -0.2) is 0 Å². The summed E-state index contributed by atoms with van der Waals surface area (Å²) in [4.78, 5) is 10.7. The second-order valence-corrected chi connectivity index (χ2v) is 5.20. The van der Waals surface area contributed by atoms with Crippen LogP contribution >= 0.6 is 15.9 Å². The number of hydrogen-bond acceptors (Lipinski definition) is 3. The Balaban J connectivity index is 2.24. The van der Waals surface area contributed by atoms with Gasteiger partial charge in [0.25, 0.3) is 0 Å². The second kappa shape index (κ2) is 4.66. The number of carboxylic acid groups (broad SMARTS) is 1. The van der Waals surface area contributed by atoms with Crippen molar-refractivity contribution in [3.8, 4) is 5.75 Å². The molecule has 92 valence electrons. The van der Waals surface area contributed by atoms with Gasteiger partial charge >= 0.3 is 5.97 Å². The number of fused-ring (bicyclic) bond motifs is 1. The van der Waals surface area contributed by atoms with E-state index in [9.17, 15) is 4.79 Å². The molecule has 0 saturated heterocycles. The summed E-state index contributed by atoms with van der Waals surface area (Å²) in [6.45, 7) is 2.01. The zero-order chi connectivity index (χ0) is 12.6. The molecule has 0 aromatic heterocycles. The van der Waals surface area contributed by atoms with Crippen molar-refractivity contribution in [2.24, 2.45) is 5.73 Å². The van der Waals surface area contributed by atoms with Gasteiger partial charge in [0.05, 0.1) is 4.47 Å². The maximum absolute atomic E-state index is 10.7. The van der Waals surface area contributed by atoms with E-state index < -0.39 is 12.0 Å². The van der Waals surface area contributed by atoms with Crippen LogP contribution < -0.4 is 10.5 Å². The Morgan fingerprint density at radius 1 is 1.71 bits per heavy atom. The van der Waals surface area contributed by atoms with Gasteiger partial charge in [0, 0.05) is 6.42 Å². The van der Waals surface area contributed by atoms with E-state index in [1.807, 2.05) is 19.1 Å². The molecule has 5 heteroatoms. The first kappa shape index (κ1) is 12.4. The van der Waals surface area contributed by atoms with Crippen molar-refractivity contribution in [3.63, 3.8) is 0 Å². The standard InChI is InChI=1S/C12H14BrNO3/c1-6-2-8-3-7(5-10(14)12(15)16)4-9(13)11(8)17-6/h3-4,6,10H,2,5,14H2,1H3,(H,15,16). The highest BCUT2D eigenvalue weighted by Crippen LogP contribution is 2.37. The van der Waals surface area contributed by atoms with Crippen LogP contribution in [0.25, 0.3) is 0 Å². The number of halogens is 1. The molecule has 0 fully saturated rings. The summed E-state index contributed by atoms with van der Waals surface area (Å²) in [6, 6.07) is 2.99. The van der Waals surface area contributed by atoms with Gasteiger partial charge in [-0.05, 0) is 46.5 Å². The third-order valence-electron chi connectivity index (χ3n) is 2.78.